The van der Waals surface area contributed by atoms with E-state index in [4.69, 9.17) is 11.6 Å². The number of aromatic nitrogens is 2. The van der Waals surface area contributed by atoms with Crippen LogP contribution >= 0.6 is 11.6 Å². The minimum absolute atomic E-state index is 0.0630. The van der Waals surface area contributed by atoms with Gasteiger partial charge in [0.25, 0.3) is 0 Å². The third kappa shape index (κ3) is 2.93. The van der Waals surface area contributed by atoms with Crippen molar-refractivity contribution in [2.24, 2.45) is 7.05 Å². The summed E-state index contributed by atoms with van der Waals surface area (Å²) < 4.78 is 1.59. The van der Waals surface area contributed by atoms with Gasteiger partial charge in [0.05, 0.1) is 5.69 Å². The molecule has 0 saturated carbocycles. The van der Waals surface area contributed by atoms with Crippen LogP contribution in [0.4, 0.5) is 0 Å². The molecule has 0 saturated heterocycles. The SMILES string of the molecule is CC(C)=CC(=O)Cc1c(C)nn(C)c1Cl. The highest BCUT2D eigenvalue weighted by Gasteiger charge is 2.13. The van der Waals surface area contributed by atoms with E-state index in [9.17, 15) is 4.79 Å². The van der Waals surface area contributed by atoms with Crippen molar-refractivity contribution >= 4 is 17.4 Å². The van der Waals surface area contributed by atoms with E-state index in [0.717, 1.165) is 16.8 Å². The fourth-order valence-corrected chi connectivity index (χ4v) is 1.66. The van der Waals surface area contributed by atoms with Crippen LogP contribution in [0.15, 0.2) is 11.6 Å². The number of halogens is 1. The first-order valence-corrected chi connectivity index (χ1v) is 5.15. The largest absolute Gasteiger partial charge is 0.294 e. The average molecular weight is 227 g/mol. The van der Waals surface area contributed by atoms with Crippen LogP contribution in [0, 0.1) is 6.92 Å². The molecule has 1 rings (SSSR count). The highest BCUT2D eigenvalue weighted by Crippen LogP contribution is 2.19. The van der Waals surface area contributed by atoms with Crippen LogP contribution in [0.1, 0.15) is 25.1 Å². The molecule has 0 amide bonds. The summed E-state index contributed by atoms with van der Waals surface area (Å²) >= 11 is 6.02. The molecule has 3 nitrogen and oxygen atoms in total. The highest BCUT2D eigenvalue weighted by atomic mass is 35.5. The van der Waals surface area contributed by atoms with Gasteiger partial charge in [0.1, 0.15) is 5.15 Å². The first-order chi connectivity index (χ1) is 6.91. The van der Waals surface area contributed by atoms with E-state index < -0.39 is 0 Å². The number of carbonyl (C=O) groups excluding carboxylic acids is 1. The van der Waals surface area contributed by atoms with Crippen LogP contribution < -0.4 is 0 Å². The lowest BCUT2D eigenvalue weighted by Gasteiger charge is -1.97. The lowest BCUT2D eigenvalue weighted by Crippen LogP contribution is -2.00. The number of hydrogen-bond donors (Lipinski definition) is 0. The molecule has 0 spiro atoms. The van der Waals surface area contributed by atoms with Gasteiger partial charge in [-0.3, -0.25) is 9.48 Å². The smallest absolute Gasteiger partial charge is 0.160 e. The Labute approximate surface area is 94.7 Å². The Morgan fingerprint density at radius 3 is 2.53 bits per heavy atom. The van der Waals surface area contributed by atoms with Crippen LogP contribution in [0.3, 0.4) is 0 Å². The standard InChI is InChI=1S/C11H15ClN2O/c1-7(2)5-9(15)6-10-8(3)13-14(4)11(10)12/h5H,6H2,1-4H3. The maximum absolute atomic E-state index is 11.6. The monoisotopic (exact) mass is 226 g/mol. The zero-order valence-electron chi connectivity index (χ0n) is 9.47. The third-order valence-corrected chi connectivity index (χ3v) is 2.54. The van der Waals surface area contributed by atoms with E-state index in [1.165, 1.54) is 0 Å². The number of ketones is 1. The van der Waals surface area contributed by atoms with E-state index in [2.05, 4.69) is 5.10 Å². The highest BCUT2D eigenvalue weighted by molar-refractivity contribution is 6.30. The van der Waals surface area contributed by atoms with Gasteiger partial charge in [0, 0.05) is 19.0 Å². The van der Waals surface area contributed by atoms with E-state index in [-0.39, 0.29) is 5.78 Å². The Hall–Kier alpha value is -1.09. The Morgan fingerprint density at radius 2 is 2.13 bits per heavy atom. The molecule has 4 heteroatoms. The predicted molar refractivity (Wildman–Crippen MR) is 61.1 cm³/mol. The summed E-state index contributed by atoms with van der Waals surface area (Å²) in [5.41, 5.74) is 2.64. The zero-order chi connectivity index (χ0) is 11.6. The number of nitrogens with zero attached hydrogens (tertiary/aromatic N) is 2. The van der Waals surface area contributed by atoms with Gasteiger partial charge in [-0.15, -0.1) is 0 Å². The van der Waals surface area contributed by atoms with E-state index in [1.54, 1.807) is 17.8 Å². The molecule has 1 heterocycles. The van der Waals surface area contributed by atoms with E-state index in [1.807, 2.05) is 20.8 Å². The number of rotatable bonds is 3. The van der Waals surface area contributed by atoms with Gasteiger partial charge in [-0.2, -0.15) is 5.10 Å². The molecule has 0 atom stereocenters. The molecule has 0 fully saturated rings. The molecule has 0 aliphatic rings. The van der Waals surface area contributed by atoms with Crippen LogP contribution in [0.2, 0.25) is 5.15 Å². The molecule has 1 aromatic rings. The summed E-state index contributed by atoms with van der Waals surface area (Å²) in [6.07, 6.45) is 1.95. The van der Waals surface area contributed by atoms with Crippen molar-refractivity contribution in [1.82, 2.24) is 9.78 Å². The lowest BCUT2D eigenvalue weighted by atomic mass is 10.1. The summed E-state index contributed by atoms with van der Waals surface area (Å²) in [6.45, 7) is 5.65. The maximum Gasteiger partial charge on any atom is 0.160 e. The van der Waals surface area contributed by atoms with Crippen molar-refractivity contribution in [3.63, 3.8) is 0 Å². The second-order valence-corrected chi connectivity index (χ2v) is 4.20. The van der Waals surface area contributed by atoms with Crippen LogP contribution in [-0.2, 0) is 18.3 Å². The van der Waals surface area contributed by atoms with Gasteiger partial charge < -0.3 is 0 Å². The Kier molecular flexibility index (Phi) is 3.69. The predicted octanol–water partition coefficient (Wildman–Crippen LogP) is 2.46. The molecule has 1 aromatic heterocycles. The van der Waals surface area contributed by atoms with Gasteiger partial charge in [-0.1, -0.05) is 17.2 Å². The summed E-state index contributed by atoms with van der Waals surface area (Å²) in [7, 11) is 1.77. The first-order valence-electron chi connectivity index (χ1n) is 4.77. The van der Waals surface area contributed by atoms with Gasteiger partial charge in [-0.25, -0.2) is 0 Å². The molecule has 0 unspecified atom stereocenters. The number of hydrogen-bond acceptors (Lipinski definition) is 2. The molecule has 82 valence electrons. The van der Waals surface area contributed by atoms with Crippen LogP contribution in [-0.4, -0.2) is 15.6 Å². The second kappa shape index (κ2) is 4.62. The van der Waals surface area contributed by atoms with E-state index in [0.29, 0.717) is 11.6 Å². The van der Waals surface area contributed by atoms with Gasteiger partial charge >= 0.3 is 0 Å². The number of aryl methyl sites for hydroxylation is 2. The molecule has 0 aliphatic carbocycles. The van der Waals surface area contributed by atoms with Crippen molar-refractivity contribution in [1.29, 1.82) is 0 Å². The average Bonchev–Trinajstić information content (AvgIpc) is 2.31. The molecule has 0 bridgehead atoms. The fourth-order valence-electron chi connectivity index (χ4n) is 1.42. The van der Waals surface area contributed by atoms with Crippen molar-refractivity contribution in [2.45, 2.75) is 27.2 Å². The fraction of sp³-hybridized carbons (Fsp3) is 0.455. The van der Waals surface area contributed by atoms with Crippen molar-refractivity contribution < 1.29 is 4.79 Å². The quantitative estimate of drug-likeness (QED) is 0.743. The van der Waals surface area contributed by atoms with E-state index >= 15 is 0 Å². The molecular weight excluding hydrogens is 212 g/mol. The van der Waals surface area contributed by atoms with Crippen molar-refractivity contribution in [2.75, 3.05) is 0 Å². The summed E-state index contributed by atoms with van der Waals surface area (Å²) in [5, 5.41) is 4.70. The van der Waals surface area contributed by atoms with Crippen molar-refractivity contribution in [3.8, 4) is 0 Å². The normalized spacial score (nSPS) is 10.2. The summed E-state index contributed by atoms with van der Waals surface area (Å²) in [6, 6.07) is 0. The Balaban J connectivity index is 2.90. The Bertz CT molecular complexity index is 414. The maximum atomic E-state index is 11.6. The van der Waals surface area contributed by atoms with Gasteiger partial charge in [0.15, 0.2) is 5.78 Å². The second-order valence-electron chi connectivity index (χ2n) is 3.84. The lowest BCUT2D eigenvalue weighted by molar-refractivity contribution is -0.114. The minimum atomic E-state index is 0.0630. The zero-order valence-corrected chi connectivity index (χ0v) is 10.2. The molecule has 0 aliphatic heterocycles. The molecule has 15 heavy (non-hydrogen) atoms. The minimum Gasteiger partial charge on any atom is -0.294 e. The number of carbonyl (C=O) groups is 1. The molecule has 0 radical (unpaired) electrons. The summed E-state index contributed by atoms with van der Waals surface area (Å²) in [5.74, 6) is 0.0630. The molecule has 0 aromatic carbocycles. The first kappa shape index (κ1) is 12.0. The number of allylic oxidation sites excluding steroid dienone is 2. The van der Waals surface area contributed by atoms with Crippen LogP contribution in [0.25, 0.3) is 0 Å². The third-order valence-electron chi connectivity index (χ3n) is 2.07. The van der Waals surface area contributed by atoms with Crippen molar-refractivity contribution in [3.05, 3.63) is 28.1 Å². The Morgan fingerprint density at radius 1 is 1.53 bits per heavy atom. The van der Waals surface area contributed by atoms with Crippen LogP contribution in [0.5, 0.6) is 0 Å². The molecular formula is C11H15ClN2O. The van der Waals surface area contributed by atoms with Gasteiger partial charge in [0.2, 0.25) is 0 Å². The topological polar surface area (TPSA) is 34.9 Å². The van der Waals surface area contributed by atoms with Gasteiger partial charge in [-0.05, 0) is 26.8 Å². The molecule has 0 N–H and O–H groups in total. The summed E-state index contributed by atoms with van der Waals surface area (Å²) in [4.78, 5) is 11.6.